The van der Waals surface area contributed by atoms with Crippen molar-refractivity contribution in [3.63, 3.8) is 0 Å². The maximum atomic E-state index is 11.5. The van der Waals surface area contributed by atoms with Gasteiger partial charge >= 0.3 is 0 Å². The smallest absolute Gasteiger partial charge is 0.296 e. The molecule has 24 heavy (non-hydrogen) atoms. The molecule has 1 N–H and O–H groups in total. The van der Waals surface area contributed by atoms with Gasteiger partial charge in [0.25, 0.3) is 11.6 Å². The number of anilines is 2. The SMILES string of the molecule is CC1(C)CN(c2cc3c(cc2[N+](=O)[O-])OCC(=O)N3)CC(C)(C)O1. The molecule has 130 valence electrons. The maximum absolute atomic E-state index is 11.5. The van der Waals surface area contributed by atoms with Crippen LogP contribution in [0.5, 0.6) is 5.75 Å². The van der Waals surface area contributed by atoms with Gasteiger partial charge in [0, 0.05) is 13.1 Å². The number of carbonyl (C=O) groups is 1. The number of nitro benzene ring substituents is 1. The van der Waals surface area contributed by atoms with Gasteiger partial charge in [-0.05, 0) is 33.8 Å². The lowest BCUT2D eigenvalue weighted by Gasteiger charge is -2.47. The van der Waals surface area contributed by atoms with Gasteiger partial charge in [0.1, 0.15) is 5.69 Å². The number of morpholine rings is 1. The van der Waals surface area contributed by atoms with E-state index in [1.165, 1.54) is 6.07 Å². The molecule has 8 nitrogen and oxygen atoms in total. The molecule has 1 fully saturated rings. The van der Waals surface area contributed by atoms with Crippen LogP contribution in [0.15, 0.2) is 12.1 Å². The molecule has 0 bridgehead atoms. The number of nitrogens with zero attached hydrogens (tertiary/aromatic N) is 2. The van der Waals surface area contributed by atoms with Crippen LogP contribution in [0.25, 0.3) is 0 Å². The number of carbonyl (C=O) groups excluding carboxylic acids is 1. The van der Waals surface area contributed by atoms with E-state index in [0.29, 0.717) is 30.2 Å². The molecule has 0 unspecified atom stereocenters. The van der Waals surface area contributed by atoms with Crippen molar-refractivity contribution < 1.29 is 19.2 Å². The summed E-state index contributed by atoms with van der Waals surface area (Å²) in [4.78, 5) is 24.6. The summed E-state index contributed by atoms with van der Waals surface area (Å²) < 4.78 is 11.3. The summed E-state index contributed by atoms with van der Waals surface area (Å²) in [5.74, 6) is 0.0433. The molecule has 1 amide bonds. The van der Waals surface area contributed by atoms with Crippen LogP contribution in [0, 0.1) is 10.1 Å². The molecular formula is C16H21N3O5. The van der Waals surface area contributed by atoms with E-state index in [2.05, 4.69) is 5.32 Å². The van der Waals surface area contributed by atoms with E-state index in [1.54, 1.807) is 6.07 Å². The molecule has 0 spiro atoms. The quantitative estimate of drug-likeness (QED) is 0.658. The summed E-state index contributed by atoms with van der Waals surface area (Å²) in [5, 5.41) is 14.2. The Morgan fingerprint density at radius 3 is 2.42 bits per heavy atom. The predicted molar refractivity (Wildman–Crippen MR) is 88.7 cm³/mol. The second-order valence-corrected chi connectivity index (χ2v) is 7.41. The highest BCUT2D eigenvalue weighted by Crippen LogP contribution is 2.42. The standard InChI is InChI=1S/C16H21N3O5/c1-15(2)8-18(9-16(3,4)24-15)11-5-10-13(6-12(11)19(21)22)23-7-14(20)17-10/h5-6H,7-9H2,1-4H3,(H,17,20). The number of ether oxygens (including phenoxy) is 2. The Bertz CT molecular complexity index is 698. The van der Waals surface area contributed by atoms with Crippen LogP contribution in [0.4, 0.5) is 17.1 Å². The summed E-state index contributed by atoms with van der Waals surface area (Å²) >= 11 is 0. The van der Waals surface area contributed by atoms with Crippen LogP contribution < -0.4 is 15.0 Å². The number of hydrogen-bond acceptors (Lipinski definition) is 6. The van der Waals surface area contributed by atoms with Crippen LogP contribution in [0.2, 0.25) is 0 Å². The molecule has 1 aromatic rings. The molecule has 0 radical (unpaired) electrons. The van der Waals surface area contributed by atoms with Crippen molar-refractivity contribution in [2.75, 3.05) is 29.9 Å². The molecule has 1 saturated heterocycles. The molecule has 0 aromatic heterocycles. The summed E-state index contributed by atoms with van der Waals surface area (Å²) in [5.41, 5.74) is -0.0438. The van der Waals surface area contributed by atoms with Crippen molar-refractivity contribution in [1.82, 2.24) is 0 Å². The van der Waals surface area contributed by atoms with Crippen LogP contribution in [-0.2, 0) is 9.53 Å². The minimum atomic E-state index is -0.453. The Hall–Kier alpha value is -2.35. The van der Waals surface area contributed by atoms with E-state index in [4.69, 9.17) is 9.47 Å². The number of rotatable bonds is 2. The van der Waals surface area contributed by atoms with Gasteiger partial charge in [-0.15, -0.1) is 0 Å². The Kier molecular flexibility index (Phi) is 3.67. The van der Waals surface area contributed by atoms with Gasteiger partial charge in [0.05, 0.1) is 27.9 Å². The van der Waals surface area contributed by atoms with Gasteiger partial charge in [0.2, 0.25) is 0 Å². The van der Waals surface area contributed by atoms with Crippen LogP contribution in [-0.4, -0.2) is 41.7 Å². The first-order valence-electron chi connectivity index (χ1n) is 7.77. The minimum absolute atomic E-state index is 0.0431. The second-order valence-electron chi connectivity index (χ2n) is 7.41. The lowest BCUT2D eigenvalue weighted by molar-refractivity contribution is -0.384. The largest absolute Gasteiger partial charge is 0.481 e. The number of fused-ring (bicyclic) bond motifs is 1. The molecule has 8 heteroatoms. The summed E-state index contributed by atoms with van der Waals surface area (Å²) in [6.07, 6.45) is 0. The van der Waals surface area contributed by atoms with E-state index in [0.717, 1.165) is 0 Å². The Morgan fingerprint density at radius 2 is 1.83 bits per heavy atom. The first kappa shape index (κ1) is 16.5. The zero-order valence-corrected chi connectivity index (χ0v) is 14.2. The highest BCUT2D eigenvalue weighted by atomic mass is 16.6. The van der Waals surface area contributed by atoms with Crippen LogP contribution in [0.3, 0.4) is 0 Å². The van der Waals surface area contributed by atoms with Crippen molar-refractivity contribution >= 4 is 23.0 Å². The molecule has 2 aliphatic rings. The Balaban J connectivity index is 2.07. The zero-order chi connectivity index (χ0) is 17.7. The van der Waals surface area contributed by atoms with Gasteiger partial charge < -0.3 is 19.7 Å². The van der Waals surface area contributed by atoms with Crippen molar-refractivity contribution in [3.8, 4) is 5.75 Å². The molecule has 0 atom stereocenters. The molecule has 0 aliphatic carbocycles. The second kappa shape index (κ2) is 5.34. The topological polar surface area (TPSA) is 93.9 Å². The van der Waals surface area contributed by atoms with E-state index in [9.17, 15) is 14.9 Å². The molecule has 1 aromatic carbocycles. The monoisotopic (exact) mass is 335 g/mol. The third kappa shape index (κ3) is 3.14. The normalized spacial score (nSPS) is 21.5. The van der Waals surface area contributed by atoms with Gasteiger partial charge in [0.15, 0.2) is 12.4 Å². The average molecular weight is 335 g/mol. The lowest BCUT2D eigenvalue weighted by Crippen LogP contribution is -2.57. The molecule has 2 aliphatic heterocycles. The van der Waals surface area contributed by atoms with Crippen molar-refractivity contribution in [3.05, 3.63) is 22.2 Å². The molecule has 3 rings (SSSR count). The first-order valence-corrected chi connectivity index (χ1v) is 7.77. The van der Waals surface area contributed by atoms with Gasteiger partial charge in [-0.3, -0.25) is 14.9 Å². The fourth-order valence-electron chi connectivity index (χ4n) is 3.46. The van der Waals surface area contributed by atoms with Crippen molar-refractivity contribution in [1.29, 1.82) is 0 Å². The third-order valence-electron chi connectivity index (χ3n) is 3.94. The van der Waals surface area contributed by atoms with Crippen LogP contribution in [0.1, 0.15) is 27.7 Å². The molecule has 0 saturated carbocycles. The van der Waals surface area contributed by atoms with Crippen LogP contribution >= 0.6 is 0 Å². The zero-order valence-electron chi connectivity index (χ0n) is 14.2. The van der Waals surface area contributed by atoms with E-state index < -0.39 is 16.1 Å². The summed E-state index contributed by atoms with van der Waals surface area (Å²) in [7, 11) is 0. The minimum Gasteiger partial charge on any atom is -0.481 e. The Labute approximate surface area is 139 Å². The number of hydrogen-bond donors (Lipinski definition) is 1. The molecule has 2 heterocycles. The van der Waals surface area contributed by atoms with E-state index in [1.807, 2.05) is 32.6 Å². The van der Waals surface area contributed by atoms with Crippen molar-refractivity contribution in [2.24, 2.45) is 0 Å². The summed E-state index contributed by atoms with van der Waals surface area (Å²) in [6, 6.07) is 2.99. The summed E-state index contributed by atoms with van der Waals surface area (Å²) in [6.45, 7) is 8.69. The predicted octanol–water partition coefficient (Wildman–Crippen LogP) is 2.32. The van der Waals surface area contributed by atoms with Crippen molar-refractivity contribution in [2.45, 2.75) is 38.9 Å². The Morgan fingerprint density at radius 1 is 1.21 bits per heavy atom. The number of nitrogens with one attached hydrogen (secondary N) is 1. The fourth-order valence-corrected chi connectivity index (χ4v) is 3.46. The van der Waals surface area contributed by atoms with Gasteiger partial charge in [-0.1, -0.05) is 0 Å². The average Bonchev–Trinajstić information content (AvgIpc) is 2.42. The number of amides is 1. The third-order valence-corrected chi connectivity index (χ3v) is 3.94. The lowest BCUT2D eigenvalue weighted by atomic mass is 9.98. The first-order chi connectivity index (χ1) is 11.1. The van der Waals surface area contributed by atoms with E-state index >= 15 is 0 Å². The highest BCUT2D eigenvalue weighted by Gasteiger charge is 2.40. The highest BCUT2D eigenvalue weighted by molar-refractivity contribution is 5.97. The fraction of sp³-hybridized carbons (Fsp3) is 0.562. The van der Waals surface area contributed by atoms with E-state index in [-0.39, 0.29) is 18.2 Å². The number of nitro groups is 1. The van der Waals surface area contributed by atoms with Gasteiger partial charge in [-0.2, -0.15) is 0 Å². The van der Waals surface area contributed by atoms with Gasteiger partial charge in [-0.25, -0.2) is 0 Å². The maximum Gasteiger partial charge on any atom is 0.296 e. The number of benzene rings is 1. The molecular weight excluding hydrogens is 314 g/mol.